The van der Waals surface area contributed by atoms with E-state index in [4.69, 9.17) is 45.9 Å². The van der Waals surface area contributed by atoms with Gasteiger partial charge in [0.2, 0.25) is 70.9 Å². The number of hydrogen-bond donors (Lipinski definition) is 21. The first-order valence-corrected chi connectivity index (χ1v) is 32.2. The number of nitrogens with zero attached hydrogens (tertiary/aromatic N) is 2. The van der Waals surface area contributed by atoms with Crippen molar-refractivity contribution in [3.8, 4) is 5.75 Å². The van der Waals surface area contributed by atoms with Crippen LogP contribution in [0, 0.1) is 5.92 Å². The predicted octanol–water partition coefficient (Wildman–Crippen LogP) is -6.58. The summed E-state index contributed by atoms with van der Waals surface area (Å²) in [5.41, 5.74) is 46.1. The second-order valence-electron chi connectivity index (χ2n) is 23.7. The molecule has 12 amide bonds. The topological polar surface area (TPSA) is 611 Å². The number of nitrogens with one attached hydrogen (secondary N) is 11. The van der Waals surface area contributed by atoms with Crippen LogP contribution in [0.1, 0.15) is 116 Å². The van der Waals surface area contributed by atoms with Crippen LogP contribution in [0.5, 0.6) is 5.75 Å². The van der Waals surface area contributed by atoms with Gasteiger partial charge in [-0.05, 0) is 140 Å². The molecular formula is C62H103N21O14. The molecule has 0 saturated heterocycles. The Bertz CT molecular complexity index is 2950. The Morgan fingerprint density at radius 3 is 1.28 bits per heavy atom. The molecule has 2 aromatic rings. The molecule has 11 atom stereocenters. The van der Waals surface area contributed by atoms with E-state index in [2.05, 4.69) is 68.5 Å². The molecule has 0 bridgehead atoms. The maximum Gasteiger partial charge on any atom is 0.245 e. The van der Waals surface area contributed by atoms with Crippen LogP contribution in [0.2, 0.25) is 0 Å². The van der Waals surface area contributed by atoms with E-state index in [1.54, 1.807) is 38.1 Å². The molecule has 2 aromatic carbocycles. The SMILES string of the molecule is CC(C)C[C@H](NC(=O)[C@@H](C)NC(=O)[C@@H](N)Cc1ccccc1)C(=O)N[C@@H](Cc1ccc(O)cc1)C(=O)NCC(=O)N[C@@H](C)C(=O)N[C@@H](CCCN=C(N)N)C(=O)N[C@@H](CCCCN)C(=O)N[C@@H](CO)C(=O)N[C@@H](C)C(=O)N[C@@H](CCCN=C(N)N)C(=O)N[C@@H](CCCCN)C(N)=O. The van der Waals surface area contributed by atoms with Crippen molar-refractivity contribution in [1.29, 1.82) is 0 Å². The summed E-state index contributed by atoms with van der Waals surface area (Å²) in [6, 6.07) is 0.283. The number of primary amides is 1. The van der Waals surface area contributed by atoms with Crippen LogP contribution in [-0.4, -0.2) is 199 Å². The molecule has 540 valence electrons. The van der Waals surface area contributed by atoms with E-state index >= 15 is 0 Å². The molecule has 29 N–H and O–H groups in total. The maximum absolute atomic E-state index is 14.2. The van der Waals surface area contributed by atoms with Gasteiger partial charge in [0.1, 0.15) is 66.2 Å². The van der Waals surface area contributed by atoms with Gasteiger partial charge in [0.25, 0.3) is 0 Å². The molecule has 2 rings (SSSR count). The fourth-order valence-electron chi connectivity index (χ4n) is 9.41. The average Bonchev–Trinajstić information content (AvgIpc) is 1.12. The lowest BCUT2D eigenvalue weighted by Crippen LogP contribution is -2.60. The average molecular weight is 1370 g/mol. The summed E-state index contributed by atoms with van der Waals surface area (Å²) in [6.07, 6.45) is 1.97. The van der Waals surface area contributed by atoms with Gasteiger partial charge in [0.15, 0.2) is 11.9 Å². The van der Waals surface area contributed by atoms with Gasteiger partial charge in [-0.2, -0.15) is 0 Å². The van der Waals surface area contributed by atoms with Crippen LogP contribution in [0.15, 0.2) is 64.6 Å². The van der Waals surface area contributed by atoms with Gasteiger partial charge in [-0.1, -0.05) is 56.3 Å². The molecule has 0 unspecified atom stereocenters. The summed E-state index contributed by atoms with van der Waals surface area (Å²) in [6.45, 7) is 6.39. The molecule has 35 nitrogen and oxygen atoms in total. The van der Waals surface area contributed by atoms with Gasteiger partial charge >= 0.3 is 0 Å². The Morgan fingerprint density at radius 1 is 0.423 bits per heavy atom. The standard InChI is InChI=1S/C62H103N21O14/c1-34(2)29-46(81-53(90)36(4)75-54(91)41(65)30-38-15-7-6-8-16-38)59(96)82-47(31-39-21-23-40(85)24-22-39)55(92)73-32-49(86)74-35(3)51(88)78-45(20-14-28-72-62(69)70)57(94)80-43(18-10-12-26-64)58(95)83-48(33-84)60(97)76-37(5)52(89)79-44(19-13-27-71-61(67)68)56(93)77-42(50(66)87)17-9-11-25-63/h6-8,15-16,21-24,34-37,41-48,84-85H,9-14,17-20,25-33,63-65H2,1-5H3,(H2,66,87)(H,73,92)(H,74,86)(H,75,91)(H,76,97)(H,77,93)(H,78,88)(H,79,89)(H,80,94)(H,81,90)(H,82,96)(H,83,95)(H4,67,68,71)(H4,69,70,72)/t35-,36+,37-,41-,42-,43-,44-,45-,46-,47-,48-/m0/s1. The van der Waals surface area contributed by atoms with Crippen LogP contribution in [0.3, 0.4) is 0 Å². The van der Waals surface area contributed by atoms with E-state index in [9.17, 15) is 67.7 Å². The normalized spacial score (nSPS) is 14.4. The van der Waals surface area contributed by atoms with Crippen molar-refractivity contribution >= 4 is 82.8 Å². The van der Waals surface area contributed by atoms with E-state index in [1.165, 1.54) is 45.0 Å². The highest BCUT2D eigenvalue weighted by molar-refractivity contribution is 5.99. The van der Waals surface area contributed by atoms with Crippen molar-refractivity contribution in [2.24, 2.45) is 61.8 Å². The third-order valence-electron chi connectivity index (χ3n) is 14.8. The van der Waals surface area contributed by atoms with Gasteiger partial charge in [0, 0.05) is 19.5 Å². The zero-order chi connectivity index (χ0) is 72.7. The van der Waals surface area contributed by atoms with E-state index < -0.39 is 150 Å². The molecule has 0 aliphatic rings. The Balaban J connectivity index is 2.27. The summed E-state index contributed by atoms with van der Waals surface area (Å²) >= 11 is 0. The molecule has 0 aliphatic heterocycles. The number of carbonyl (C=O) groups is 12. The van der Waals surface area contributed by atoms with Gasteiger partial charge in [-0.3, -0.25) is 67.5 Å². The summed E-state index contributed by atoms with van der Waals surface area (Å²) in [5, 5.41) is 48.0. The number of aromatic hydroxyl groups is 1. The highest BCUT2D eigenvalue weighted by atomic mass is 16.3. The number of aliphatic hydroxyl groups is 1. The summed E-state index contributed by atoms with van der Waals surface area (Å²) in [4.78, 5) is 170. The third-order valence-corrected chi connectivity index (χ3v) is 14.8. The van der Waals surface area contributed by atoms with Gasteiger partial charge < -0.3 is 115 Å². The van der Waals surface area contributed by atoms with Crippen LogP contribution in [0.25, 0.3) is 0 Å². The van der Waals surface area contributed by atoms with Gasteiger partial charge in [-0.25, -0.2) is 0 Å². The number of nitrogens with two attached hydrogens (primary N) is 8. The largest absolute Gasteiger partial charge is 0.508 e. The maximum atomic E-state index is 14.2. The molecular weight excluding hydrogens is 1260 g/mol. The number of phenols is 1. The molecule has 35 heteroatoms. The fraction of sp³-hybridized carbons (Fsp3) is 0.581. The molecule has 0 aromatic heterocycles. The first-order valence-electron chi connectivity index (χ1n) is 32.2. The number of rotatable bonds is 46. The quantitative estimate of drug-likeness (QED) is 0.0166. The van der Waals surface area contributed by atoms with E-state index in [0.717, 1.165) is 5.56 Å². The van der Waals surface area contributed by atoms with Crippen molar-refractivity contribution in [2.45, 2.75) is 185 Å². The summed E-state index contributed by atoms with van der Waals surface area (Å²) < 4.78 is 0. The van der Waals surface area contributed by atoms with E-state index in [0.29, 0.717) is 31.4 Å². The van der Waals surface area contributed by atoms with E-state index in [-0.39, 0.29) is 107 Å². The number of aliphatic hydroxyl groups excluding tert-OH is 1. The number of benzene rings is 2. The summed E-state index contributed by atoms with van der Waals surface area (Å²) in [5.74, 6) is -10.9. The molecule has 0 saturated carbocycles. The number of phenolic OH excluding ortho intramolecular Hbond substituents is 1. The highest BCUT2D eigenvalue weighted by Gasteiger charge is 2.34. The van der Waals surface area contributed by atoms with Crippen LogP contribution >= 0.6 is 0 Å². The Kier molecular flexibility index (Phi) is 38.5. The first kappa shape index (κ1) is 83.4. The van der Waals surface area contributed by atoms with Crippen molar-refractivity contribution in [3.05, 3.63) is 65.7 Å². The summed E-state index contributed by atoms with van der Waals surface area (Å²) in [7, 11) is 0. The number of hydrogen-bond acceptors (Lipinski definition) is 19. The zero-order valence-electron chi connectivity index (χ0n) is 55.9. The third kappa shape index (κ3) is 33.5. The lowest BCUT2D eigenvalue weighted by molar-refractivity contribution is -0.136. The Morgan fingerprint density at radius 2 is 0.814 bits per heavy atom. The Labute approximate surface area is 564 Å². The monoisotopic (exact) mass is 1370 g/mol. The first-order chi connectivity index (χ1) is 45.9. The van der Waals surface area contributed by atoms with Crippen molar-refractivity contribution in [1.82, 2.24) is 58.5 Å². The van der Waals surface area contributed by atoms with Crippen LogP contribution in [0.4, 0.5) is 0 Å². The zero-order valence-corrected chi connectivity index (χ0v) is 55.9. The van der Waals surface area contributed by atoms with Crippen molar-refractivity contribution in [3.63, 3.8) is 0 Å². The molecule has 0 spiro atoms. The molecule has 0 radical (unpaired) electrons. The molecule has 0 heterocycles. The minimum absolute atomic E-state index is 0.0116. The van der Waals surface area contributed by atoms with Crippen molar-refractivity contribution < 1.29 is 67.7 Å². The van der Waals surface area contributed by atoms with Gasteiger partial charge in [0.05, 0.1) is 19.2 Å². The second kappa shape index (κ2) is 44.8. The minimum atomic E-state index is -1.72. The Hall–Kier alpha value is -9.74. The lowest BCUT2D eigenvalue weighted by Gasteiger charge is -2.26. The number of carbonyl (C=O) groups excluding carboxylic acids is 12. The van der Waals surface area contributed by atoms with Crippen LogP contribution < -0.4 is 104 Å². The van der Waals surface area contributed by atoms with Gasteiger partial charge in [-0.15, -0.1) is 0 Å². The number of unbranched alkanes of at least 4 members (excludes halogenated alkanes) is 2. The number of guanidine groups is 2. The van der Waals surface area contributed by atoms with Crippen LogP contribution in [-0.2, 0) is 70.4 Å². The smallest absolute Gasteiger partial charge is 0.245 e. The highest BCUT2D eigenvalue weighted by Crippen LogP contribution is 2.14. The fourth-order valence-corrected chi connectivity index (χ4v) is 9.41. The minimum Gasteiger partial charge on any atom is -0.508 e. The number of amides is 12. The number of aliphatic imine (C=N–C) groups is 2. The second-order valence-corrected chi connectivity index (χ2v) is 23.7. The molecule has 0 aliphatic carbocycles. The molecule has 97 heavy (non-hydrogen) atoms. The predicted molar refractivity (Wildman–Crippen MR) is 361 cm³/mol. The van der Waals surface area contributed by atoms with E-state index in [1.807, 2.05) is 6.07 Å². The lowest BCUT2D eigenvalue weighted by atomic mass is 10.0. The van der Waals surface area contributed by atoms with Crippen molar-refractivity contribution in [2.75, 3.05) is 39.3 Å². The molecule has 0 fully saturated rings.